The first-order valence-corrected chi connectivity index (χ1v) is 30.8. The van der Waals surface area contributed by atoms with Crippen LogP contribution in [0.2, 0.25) is 78.6 Å². The predicted molar refractivity (Wildman–Crippen MR) is 176 cm³/mol. The van der Waals surface area contributed by atoms with Gasteiger partial charge >= 0.3 is 51.3 Å². The van der Waals surface area contributed by atoms with Crippen molar-refractivity contribution in [1.82, 2.24) is 0 Å². The summed E-state index contributed by atoms with van der Waals surface area (Å²) < 4.78 is 37.0. The molecule has 2 aromatic rings. The van der Waals surface area contributed by atoms with Crippen molar-refractivity contribution < 1.29 is 42.4 Å². The fraction of sp³-hybridized carbons (Fsp3) is 0.615. The topological polar surface area (TPSA) is 55.4 Å². The largest absolute Gasteiger partial charge is 2.00 e. The quantitative estimate of drug-likeness (QED) is 0.165. The molecule has 0 saturated heterocycles. The third kappa shape index (κ3) is 14.8. The van der Waals surface area contributed by atoms with Gasteiger partial charge in [-0.05, 0) is 66.2 Å². The molecule has 13 heteroatoms. The average molecular weight is 687 g/mol. The van der Waals surface area contributed by atoms with Crippen LogP contribution in [0.4, 0.5) is 0 Å². The third-order valence-electron chi connectivity index (χ3n) is 5.68. The van der Waals surface area contributed by atoms with Gasteiger partial charge in [-0.15, -0.1) is 10.4 Å². The fourth-order valence-corrected chi connectivity index (χ4v) is 30.1. The summed E-state index contributed by atoms with van der Waals surface area (Å²) >= 11 is 0. The smallest absolute Gasteiger partial charge is 0.443 e. The normalized spacial score (nSPS) is 13.5. The van der Waals surface area contributed by atoms with Crippen molar-refractivity contribution in [3.63, 3.8) is 0 Å². The van der Waals surface area contributed by atoms with Gasteiger partial charge in [0.25, 0.3) is 0 Å². The fourth-order valence-electron chi connectivity index (χ4n) is 4.88. The summed E-state index contributed by atoms with van der Waals surface area (Å²) in [5, 5.41) is 2.65. The van der Waals surface area contributed by atoms with Crippen LogP contribution in [0.25, 0.3) is 0 Å². The van der Waals surface area contributed by atoms with Crippen molar-refractivity contribution in [2.24, 2.45) is 0 Å². The minimum absolute atomic E-state index is 0. The molecule has 0 radical (unpaired) electrons. The molecule has 0 N–H and O–H groups in total. The molecule has 2 rings (SSSR count). The second-order valence-electron chi connectivity index (χ2n) is 12.2. The maximum atomic E-state index is 6.46. The Bertz CT molecular complexity index is 855. The predicted octanol–water partition coefficient (Wildman–Crippen LogP) is 6.58. The standard InChI is InChI=1S/2C13H27O3Si3.Fe/c2*1-8-14-18(4,5)16-19(6,7)15-17(2,3)13-11-9-10-12-13;/h2*9-12H,8H2,1-7H3;/q2*-1;+2. The third-order valence-corrected chi connectivity index (χ3v) is 27.0. The first-order chi connectivity index (χ1) is 17.2. The number of hydrogen-bond donors (Lipinski definition) is 0. The Labute approximate surface area is 256 Å². The van der Waals surface area contributed by atoms with Crippen LogP contribution in [0.3, 0.4) is 0 Å². The van der Waals surface area contributed by atoms with E-state index in [-0.39, 0.29) is 17.1 Å². The Kier molecular flexibility index (Phi) is 15.8. The maximum Gasteiger partial charge on any atom is 2.00 e. The molecule has 2 aromatic carbocycles. The Morgan fingerprint density at radius 3 is 0.923 bits per heavy atom. The van der Waals surface area contributed by atoms with Crippen molar-refractivity contribution >= 4 is 61.3 Å². The zero-order valence-corrected chi connectivity index (χ0v) is 33.9. The molecule has 226 valence electrons. The van der Waals surface area contributed by atoms with Gasteiger partial charge in [0.15, 0.2) is 0 Å². The molecule has 0 heterocycles. The van der Waals surface area contributed by atoms with Crippen molar-refractivity contribution in [2.45, 2.75) is 92.4 Å². The van der Waals surface area contributed by atoms with E-state index in [4.69, 9.17) is 25.3 Å². The Hall–Kier alpha value is 0.281. The van der Waals surface area contributed by atoms with E-state index < -0.39 is 50.9 Å². The summed E-state index contributed by atoms with van der Waals surface area (Å²) in [5.74, 6) is 0. The van der Waals surface area contributed by atoms with Gasteiger partial charge in [0, 0.05) is 13.2 Å². The average Bonchev–Trinajstić information content (AvgIpc) is 3.39. The molecule has 0 fully saturated rings. The maximum absolute atomic E-state index is 6.46. The first-order valence-electron chi connectivity index (χ1n) is 13.7. The molecule has 0 aliphatic heterocycles. The number of hydrogen-bond acceptors (Lipinski definition) is 6. The van der Waals surface area contributed by atoms with Gasteiger partial charge < -0.3 is 25.3 Å². The number of rotatable bonds is 14. The van der Waals surface area contributed by atoms with E-state index in [2.05, 4.69) is 127 Å². The molecular weight excluding hydrogens is 633 g/mol. The molecule has 0 saturated carbocycles. The van der Waals surface area contributed by atoms with Crippen LogP contribution in [-0.4, -0.2) is 64.1 Å². The Morgan fingerprint density at radius 2 is 0.692 bits per heavy atom. The van der Waals surface area contributed by atoms with Crippen molar-refractivity contribution in [1.29, 1.82) is 0 Å². The van der Waals surface area contributed by atoms with Crippen LogP contribution >= 0.6 is 0 Å². The molecule has 0 aliphatic rings. The second kappa shape index (κ2) is 15.7. The monoisotopic (exact) mass is 686 g/mol. The summed E-state index contributed by atoms with van der Waals surface area (Å²) in [5.41, 5.74) is 0. The molecule has 39 heavy (non-hydrogen) atoms. The molecule has 0 bridgehead atoms. The summed E-state index contributed by atoms with van der Waals surface area (Å²) in [6.45, 7) is 31.2. The minimum Gasteiger partial charge on any atom is -0.443 e. The summed E-state index contributed by atoms with van der Waals surface area (Å²) in [6, 6.07) is 16.9. The molecule has 0 aromatic heterocycles. The molecule has 0 atom stereocenters. The van der Waals surface area contributed by atoms with Crippen LogP contribution < -0.4 is 10.4 Å². The van der Waals surface area contributed by atoms with Gasteiger partial charge in [-0.1, -0.05) is 26.2 Å². The van der Waals surface area contributed by atoms with E-state index >= 15 is 0 Å². The zero-order chi connectivity index (χ0) is 29.5. The van der Waals surface area contributed by atoms with Crippen LogP contribution in [-0.2, 0) is 42.4 Å². The van der Waals surface area contributed by atoms with Gasteiger partial charge in [-0.25, -0.2) is 24.3 Å². The Morgan fingerprint density at radius 1 is 0.436 bits per heavy atom. The molecular formula is C26H54FeO6Si6. The van der Waals surface area contributed by atoms with Gasteiger partial charge in [-0.3, -0.25) is 0 Å². The summed E-state index contributed by atoms with van der Waals surface area (Å²) in [6.07, 6.45) is 0. The summed E-state index contributed by atoms with van der Waals surface area (Å²) in [4.78, 5) is 0. The van der Waals surface area contributed by atoms with E-state index in [1.165, 1.54) is 10.4 Å². The van der Waals surface area contributed by atoms with Crippen molar-refractivity contribution in [2.75, 3.05) is 13.2 Å². The second-order valence-corrected chi connectivity index (χ2v) is 34.5. The SMILES string of the molecule is CCO[Si](C)(C)O[Si](C)(C)O[Si](C)(C)[c-]1cccc1.CCO[Si](C)(C)O[Si](C)(C)O[Si](C)(C)[c-]1cccc1.[Fe+2]. The van der Waals surface area contributed by atoms with Crippen LogP contribution in [0, 0.1) is 0 Å². The van der Waals surface area contributed by atoms with Crippen molar-refractivity contribution in [3.05, 3.63) is 48.5 Å². The van der Waals surface area contributed by atoms with Gasteiger partial charge in [0.05, 0.1) is 0 Å². The summed E-state index contributed by atoms with van der Waals surface area (Å²) in [7, 11) is -12.2. The van der Waals surface area contributed by atoms with Gasteiger partial charge in [0.1, 0.15) is 16.6 Å². The molecule has 0 spiro atoms. The first kappa shape index (κ1) is 39.3. The molecule has 6 nitrogen and oxygen atoms in total. The van der Waals surface area contributed by atoms with Crippen LogP contribution in [0.1, 0.15) is 13.8 Å². The minimum atomic E-state index is -2.17. The van der Waals surface area contributed by atoms with E-state index in [9.17, 15) is 0 Å². The van der Waals surface area contributed by atoms with Gasteiger partial charge in [0.2, 0.25) is 0 Å². The molecule has 0 amide bonds. The van der Waals surface area contributed by atoms with E-state index in [1.54, 1.807) is 0 Å². The molecule has 0 unspecified atom stereocenters. The Balaban J connectivity index is 0.000000722. The van der Waals surface area contributed by atoms with Crippen LogP contribution in [0.15, 0.2) is 48.5 Å². The zero-order valence-electron chi connectivity index (χ0n) is 26.8. The van der Waals surface area contributed by atoms with E-state index in [1.807, 2.05) is 13.8 Å². The van der Waals surface area contributed by atoms with E-state index in [0.29, 0.717) is 13.2 Å². The van der Waals surface area contributed by atoms with Crippen LogP contribution in [0.5, 0.6) is 0 Å². The van der Waals surface area contributed by atoms with Gasteiger partial charge in [-0.2, -0.15) is 24.3 Å². The van der Waals surface area contributed by atoms with E-state index in [0.717, 1.165) is 0 Å². The molecule has 0 aliphatic carbocycles. The van der Waals surface area contributed by atoms with Crippen molar-refractivity contribution in [3.8, 4) is 0 Å².